The normalized spacial score (nSPS) is 22.9. The largest absolute Gasteiger partial charge is 0.356 e. The Bertz CT molecular complexity index is 955. The lowest BCUT2D eigenvalue weighted by Gasteiger charge is -2.31. The van der Waals surface area contributed by atoms with Crippen LogP contribution in [0, 0.1) is 11.8 Å². The molecule has 0 spiro atoms. The Kier molecular flexibility index (Phi) is 6.08. The Morgan fingerprint density at radius 1 is 1.03 bits per heavy atom. The van der Waals surface area contributed by atoms with Gasteiger partial charge in [0, 0.05) is 30.0 Å². The molecule has 1 aliphatic heterocycles. The molecule has 1 amide bonds. The summed E-state index contributed by atoms with van der Waals surface area (Å²) in [5.74, 6) is 0.832. The van der Waals surface area contributed by atoms with E-state index in [-0.39, 0.29) is 11.8 Å². The quantitative estimate of drug-likeness (QED) is 0.689. The number of sulfonamides is 1. The van der Waals surface area contributed by atoms with Gasteiger partial charge in [0.25, 0.3) is 0 Å². The van der Waals surface area contributed by atoms with Gasteiger partial charge in [-0.3, -0.25) is 4.79 Å². The van der Waals surface area contributed by atoms with Gasteiger partial charge in [0.2, 0.25) is 15.9 Å². The Hall–Kier alpha value is -1.70. The van der Waals surface area contributed by atoms with Gasteiger partial charge >= 0.3 is 0 Å². The van der Waals surface area contributed by atoms with Crippen molar-refractivity contribution in [1.29, 1.82) is 0 Å². The Morgan fingerprint density at radius 3 is 2.34 bits per heavy atom. The van der Waals surface area contributed by atoms with Crippen LogP contribution in [0.2, 0.25) is 0 Å². The fraction of sp³-hybridized carbons (Fsp3) is 0.409. The zero-order valence-electron chi connectivity index (χ0n) is 16.1. The molecule has 0 aromatic heterocycles. The summed E-state index contributed by atoms with van der Waals surface area (Å²) < 4.78 is 28.0. The molecule has 5 nitrogen and oxygen atoms in total. The van der Waals surface area contributed by atoms with Gasteiger partial charge in [0.1, 0.15) is 0 Å². The SMILES string of the molecule is O=C(NCC1CCN(S(=O)(=O)c2ccccc2)CC1)C1CC1c1ccc(Br)cc1. The van der Waals surface area contributed by atoms with Gasteiger partial charge in [-0.25, -0.2) is 8.42 Å². The molecular formula is C22H25BrN2O3S. The zero-order chi connectivity index (χ0) is 20.4. The number of rotatable bonds is 6. The van der Waals surface area contributed by atoms with Crippen molar-refractivity contribution < 1.29 is 13.2 Å². The number of piperidine rings is 1. The van der Waals surface area contributed by atoms with E-state index >= 15 is 0 Å². The third kappa shape index (κ3) is 4.73. The molecule has 2 aliphatic rings. The van der Waals surface area contributed by atoms with Crippen LogP contribution in [-0.2, 0) is 14.8 Å². The maximum atomic E-state index is 12.7. The number of carbonyl (C=O) groups excluding carboxylic acids is 1. The van der Waals surface area contributed by atoms with Gasteiger partial charge in [0.05, 0.1) is 4.90 Å². The summed E-state index contributed by atoms with van der Waals surface area (Å²) in [5, 5.41) is 3.09. The van der Waals surface area contributed by atoms with Crippen molar-refractivity contribution in [2.24, 2.45) is 11.8 Å². The van der Waals surface area contributed by atoms with Gasteiger partial charge in [-0.15, -0.1) is 0 Å². The monoisotopic (exact) mass is 476 g/mol. The lowest BCUT2D eigenvalue weighted by Crippen LogP contribution is -2.41. The molecule has 7 heteroatoms. The van der Waals surface area contributed by atoms with Gasteiger partial charge in [0.15, 0.2) is 0 Å². The van der Waals surface area contributed by atoms with Gasteiger partial charge < -0.3 is 5.32 Å². The van der Waals surface area contributed by atoms with Crippen molar-refractivity contribution in [3.8, 4) is 0 Å². The third-order valence-corrected chi connectivity index (χ3v) is 8.39. The fourth-order valence-electron chi connectivity index (χ4n) is 4.03. The predicted octanol–water partition coefficient (Wildman–Crippen LogP) is 3.77. The van der Waals surface area contributed by atoms with Crippen LogP contribution in [-0.4, -0.2) is 38.3 Å². The second-order valence-electron chi connectivity index (χ2n) is 7.91. The summed E-state index contributed by atoms with van der Waals surface area (Å²) in [6.07, 6.45) is 2.45. The Morgan fingerprint density at radius 2 is 1.69 bits per heavy atom. The summed E-state index contributed by atoms with van der Waals surface area (Å²) in [4.78, 5) is 12.8. The molecule has 29 heavy (non-hydrogen) atoms. The molecule has 154 valence electrons. The highest BCUT2D eigenvalue weighted by Crippen LogP contribution is 2.47. The minimum atomic E-state index is -3.42. The van der Waals surface area contributed by atoms with Crippen molar-refractivity contribution in [3.05, 3.63) is 64.6 Å². The van der Waals surface area contributed by atoms with Crippen LogP contribution in [0.5, 0.6) is 0 Å². The molecule has 4 rings (SSSR count). The predicted molar refractivity (Wildman–Crippen MR) is 116 cm³/mol. The van der Waals surface area contributed by atoms with Crippen molar-refractivity contribution in [3.63, 3.8) is 0 Å². The summed E-state index contributed by atoms with van der Waals surface area (Å²) in [6.45, 7) is 1.63. The summed E-state index contributed by atoms with van der Waals surface area (Å²) >= 11 is 3.44. The van der Waals surface area contributed by atoms with Crippen molar-refractivity contribution in [2.45, 2.75) is 30.1 Å². The molecule has 2 aromatic rings. The number of hydrogen-bond donors (Lipinski definition) is 1. The van der Waals surface area contributed by atoms with Crippen LogP contribution in [0.3, 0.4) is 0 Å². The molecule has 2 atom stereocenters. The van der Waals surface area contributed by atoms with E-state index in [1.165, 1.54) is 5.56 Å². The third-order valence-electron chi connectivity index (χ3n) is 5.94. The summed E-state index contributed by atoms with van der Waals surface area (Å²) in [7, 11) is -3.42. The minimum Gasteiger partial charge on any atom is -0.356 e. The highest BCUT2D eigenvalue weighted by Gasteiger charge is 2.43. The molecule has 1 N–H and O–H groups in total. The van der Waals surface area contributed by atoms with Crippen molar-refractivity contribution in [2.75, 3.05) is 19.6 Å². The highest BCUT2D eigenvalue weighted by molar-refractivity contribution is 9.10. The van der Waals surface area contributed by atoms with E-state index in [9.17, 15) is 13.2 Å². The van der Waals surface area contributed by atoms with Gasteiger partial charge in [-0.05, 0) is 60.9 Å². The van der Waals surface area contributed by atoms with Crippen LogP contribution < -0.4 is 5.32 Å². The van der Waals surface area contributed by atoms with Gasteiger partial charge in [-0.1, -0.05) is 46.3 Å². The van der Waals surface area contributed by atoms with Crippen molar-refractivity contribution in [1.82, 2.24) is 9.62 Å². The smallest absolute Gasteiger partial charge is 0.243 e. The van der Waals surface area contributed by atoms with E-state index in [1.54, 1.807) is 28.6 Å². The number of nitrogens with zero attached hydrogens (tertiary/aromatic N) is 1. The molecular weight excluding hydrogens is 452 g/mol. The first-order valence-electron chi connectivity index (χ1n) is 10.0. The van der Waals surface area contributed by atoms with E-state index in [4.69, 9.17) is 0 Å². The fourth-order valence-corrected chi connectivity index (χ4v) is 5.79. The first-order chi connectivity index (χ1) is 13.9. The standard InChI is InChI=1S/C22H25BrN2O3S/c23-18-8-6-17(7-9-18)20-14-21(20)22(26)24-15-16-10-12-25(13-11-16)29(27,28)19-4-2-1-3-5-19/h1-9,16,20-21H,10-15H2,(H,24,26). The number of amides is 1. The number of nitrogens with one attached hydrogen (secondary N) is 1. The molecule has 2 aromatic carbocycles. The Labute approximate surface area is 180 Å². The number of hydrogen-bond acceptors (Lipinski definition) is 3. The van der Waals surface area contributed by atoms with Crippen LogP contribution in [0.4, 0.5) is 0 Å². The second-order valence-corrected chi connectivity index (χ2v) is 10.8. The highest BCUT2D eigenvalue weighted by atomic mass is 79.9. The van der Waals surface area contributed by atoms with Crippen LogP contribution >= 0.6 is 15.9 Å². The van der Waals surface area contributed by atoms with E-state index in [1.807, 2.05) is 18.2 Å². The first-order valence-corrected chi connectivity index (χ1v) is 12.3. The average molecular weight is 477 g/mol. The van der Waals surface area contributed by atoms with Crippen molar-refractivity contribution >= 4 is 31.9 Å². The van der Waals surface area contributed by atoms with E-state index < -0.39 is 10.0 Å². The molecule has 2 unspecified atom stereocenters. The van der Waals surface area contributed by atoms with Crippen LogP contribution in [0.1, 0.15) is 30.7 Å². The average Bonchev–Trinajstić information content (AvgIpc) is 3.54. The maximum Gasteiger partial charge on any atom is 0.243 e. The second kappa shape index (κ2) is 8.58. The minimum absolute atomic E-state index is 0.0646. The number of halogens is 1. The summed E-state index contributed by atoms with van der Waals surface area (Å²) in [6, 6.07) is 16.8. The first kappa shape index (κ1) is 20.6. The molecule has 1 saturated heterocycles. The Balaban J connectivity index is 1.23. The topological polar surface area (TPSA) is 66.5 Å². The maximum absolute atomic E-state index is 12.7. The lowest BCUT2D eigenvalue weighted by atomic mass is 9.98. The molecule has 1 aliphatic carbocycles. The summed E-state index contributed by atoms with van der Waals surface area (Å²) in [5.41, 5.74) is 1.22. The molecule has 1 saturated carbocycles. The number of carbonyl (C=O) groups is 1. The molecule has 2 fully saturated rings. The van der Waals surface area contributed by atoms with E-state index in [0.717, 1.165) is 23.7 Å². The lowest BCUT2D eigenvalue weighted by molar-refractivity contribution is -0.122. The molecule has 0 bridgehead atoms. The van der Waals surface area contributed by atoms with Crippen LogP contribution in [0.25, 0.3) is 0 Å². The molecule has 0 radical (unpaired) electrons. The zero-order valence-corrected chi connectivity index (χ0v) is 18.5. The van der Waals surface area contributed by atoms with Gasteiger partial charge in [-0.2, -0.15) is 4.31 Å². The molecule has 1 heterocycles. The van der Waals surface area contributed by atoms with E-state index in [2.05, 4.69) is 33.4 Å². The van der Waals surface area contributed by atoms with Crippen LogP contribution in [0.15, 0.2) is 64.0 Å². The number of benzene rings is 2. The van der Waals surface area contributed by atoms with E-state index in [0.29, 0.717) is 36.4 Å².